The molecule has 29 heavy (non-hydrogen) atoms. The minimum absolute atomic E-state index is 0.0530. The Balaban J connectivity index is 1.55. The normalized spacial score (nSPS) is 21.2. The van der Waals surface area contributed by atoms with Crippen LogP contribution in [-0.2, 0) is 4.74 Å². The van der Waals surface area contributed by atoms with E-state index in [1.165, 1.54) is 0 Å². The van der Waals surface area contributed by atoms with Gasteiger partial charge in [-0.2, -0.15) is 0 Å². The molecule has 1 spiro atoms. The Morgan fingerprint density at radius 3 is 2.69 bits per heavy atom. The molecule has 2 aliphatic rings. The van der Waals surface area contributed by atoms with Crippen molar-refractivity contribution in [2.24, 2.45) is 0 Å². The van der Waals surface area contributed by atoms with Gasteiger partial charge in [0, 0.05) is 17.5 Å². The number of rotatable bonds is 2. The molecule has 6 nitrogen and oxygen atoms in total. The molecule has 0 unspecified atom stereocenters. The van der Waals surface area contributed by atoms with Gasteiger partial charge in [0.1, 0.15) is 5.60 Å². The van der Waals surface area contributed by atoms with Crippen LogP contribution < -0.4 is 5.32 Å². The lowest BCUT2D eigenvalue weighted by Crippen LogP contribution is -2.52. The standard InChI is InChI=1S/C23H21N3O3/c27-21(26-12-6-11-23(15-26)14-24-22(28)29-23)18-13-20(16-7-2-1-3-8-16)25-19-10-5-4-9-17(18)19/h1-5,7-10,13H,6,11-12,14-15H2,(H,24,28)/t23-/m1/s1. The molecule has 2 fully saturated rings. The van der Waals surface area contributed by atoms with E-state index in [2.05, 4.69) is 5.32 Å². The largest absolute Gasteiger partial charge is 0.439 e. The predicted molar refractivity (Wildman–Crippen MR) is 110 cm³/mol. The highest BCUT2D eigenvalue weighted by Crippen LogP contribution is 2.31. The first kappa shape index (κ1) is 17.7. The highest BCUT2D eigenvalue weighted by molar-refractivity contribution is 6.07. The lowest BCUT2D eigenvalue weighted by Gasteiger charge is -2.38. The van der Waals surface area contributed by atoms with Crippen LogP contribution in [0, 0.1) is 0 Å². The van der Waals surface area contributed by atoms with Crippen LogP contribution in [0.5, 0.6) is 0 Å². The van der Waals surface area contributed by atoms with E-state index in [0.29, 0.717) is 25.2 Å². The molecule has 2 aromatic carbocycles. The van der Waals surface area contributed by atoms with E-state index in [0.717, 1.165) is 35.0 Å². The number of hydrogen-bond acceptors (Lipinski definition) is 4. The number of nitrogens with zero attached hydrogens (tertiary/aromatic N) is 2. The number of aromatic nitrogens is 1. The topological polar surface area (TPSA) is 71.5 Å². The molecule has 0 saturated carbocycles. The average Bonchev–Trinajstić information content (AvgIpc) is 3.12. The van der Waals surface area contributed by atoms with Crippen LogP contribution in [0.2, 0.25) is 0 Å². The van der Waals surface area contributed by atoms with Crippen molar-refractivity contribution in [3.05, 3.63) is 66.2 Å². The molecule has 146 valence electrons. The van der Waals surface area contributed by atoms with E-state index in [1.54, 1.807) is 4.90 Å². The van der Waals surface area contributed by atoms with Gasteiger partial charge in [-0.3, -0.25) is 4.79 Å². The maximum Gasteiger partial charge on any atom is 0.407 e. The number of pyridine rings is 1. The molecule has 0 radical (unpaired) electrons. The summed E-state index contributed by atoms with van der Waals surface area (Å²) in [5.41, 5.74) is 2.54. The summed E-state index contributed by atoms with van der Waals surface area (Å²) in [5, 5.41) is 3.56. The van der Waals surface area contributed by atoms with Crippen molar-refractivity contribution in [2.75, 3.05) is 19.6 Å². The molecule has 0 aliphatic carbocycles. The Labute approximate surface area is 168 Å². The zero-order valence-corrected chi connectivity index (χ0v) is 15.9. The predicted octanol–water partition coefficient (Wildman–Crippen LogP) is 3.62. The van der Waals surface area contributed by atoms with Crippen molar-refractivity contribution < 1.29 is 14.3 Å². The summed E-state index contributed by atoms with van der Waals surface area (Å²) in [6.45, 7) is 1.50. The maximum atomic E-state index is 13.6. The number of ether oxygens (including phenoxy) is 1. The SMILES string of the molecule is O=C1NC[C@@]2(CCCN(C(=O)c3cc(-c4ccccc4)nc4ccccc34)C2)O1. The molecule has 1 N–H and O–H groups in total. The van der Waals surface area contributed by atoms with Crippen molar-refractivity contribution in [3.8, 4) is 11.3 Å². The Hall–Kier alpha value is -3.41. The monoisotopic (exact) mass is 387 g/mol. The molecule has 6 heteroatoms. The fourth-order valence-corrected chi connectivity index (χ4v) is 4.28. The van der Waals surface area contributed by atoms with E-state index >= 15 is 0 Å². The van der Waals surface area contributed by atoms with Crippen LogP contribution in [0.3, 0.4) is 0 Å². The number of nitrogens with one attached hydrogen (secondary N) is 1. The first-order chi connectivity index (χ1) is 14.1. The third-order valence-electron chi connectivity index (χ3n) is 5.71. The Bertz CT molecular complexity index is 1100. The van der Waals surface area contributed by atoms with Gasteiger partial charge in [0.2, 0.25) is 0 Å². The van der Waals surface area contributed by atoms with E-state index < -0.39 is 11.7 Å². The lowest BCUT2D eigenvalue weighted by molar-refractivity contribution is -0.00497. The number of alkyl carbamates (subject to hydrolysis) is 1. The summed E-state index contributed by atoms with van der Waals surface area (Å²) in [5.74, 6) is -0.0530. The van der Waals surface area contributed by atoms with E-state index in [1.807, 2.05) is 60.7 Å². The quantitative estimate of drug-likeness (QED) is 0.729. The first-order valence-corrected chi connectivity index (χ1v) is 9.85. The molecule has 2 saturated heterocycles. The van der Waals surface area contributed by atoms with Gasteiger partial charge in [-0.15, -0.1) is 0 Å². The molecule has 3 aromatic rings. The number of para-hydroxylation sites is 1. The summed E-state index contributed by atoms with van der Waals surface area (Å²) in [4.78, 5) is 31.7. The van der Waals surface area contributed by atoms with Crippen LogP contribution in [0.25, 0.3) is 22.2 Å². The Morgan fingerprint density at radius 1 is 1.10 bits per heavy atom. The van der Waals surface area contributed by atoms with E-state index in [9.17, 15) is 9.59 Å². The van der Waals surface area contributed by atoms with Crippen molar-refractivity contribution in [1.82, 2.24) is 15.2 Å². The third kappa shape index (κ3) is 3.20. The van der Waals surface area contributed by atoms with Gasteiger partial charge < -0.3 is 15.0 Å². The van der Waals surface area contributed by atoms with Crippen molar-refractivity contribution >= 4 is 22.9 Å². The summed E-state index contributed by atoms with van der Waals surface area (Å²) < 4.78 is 5.53. The molecular formula is C23H21N3O3. The minimum Gasteiger partial charge on any atom is -0.439 e. The van der Waals surface area contributed by atoms with Crippen molar-refractivity contribution in [1.29, 1.82) is 0 Å². The average molecular weight is 387 g/mol. The summed E-state index contributed by atoms with van der Waals surface area (Å²) >= 11 is 0. The molecule has 1 aromatic heterocycles. The Morgan fingerprint density at radius 2 is 1.90 bits per heavy atom. The molecule has 2 amide bonds. The van der Waals surface area contributed by atoms with Gasteiger partial charge in [-0.25, -0.2) is 9.78 Å². The fourth-order valence-electron chi connectivity index (χ4n) is 4.28. The van der Waals surface area contributed by atoms with Crippen LogP contribution in [0.1, 0.15) is 23.2 Å². The second-order valence-corrected chi connectivity index (χ2v) is 7.69. The summed E-state index contributed by atoms with van der Waals surface area (Å²) in [6, 6.07) is 19.4. The molecule has 0 bridgehead atoms. The molecule has 1 atom stereocenters. The van der Waals surface area contributed by atoms with Gasteiger partial charge >= 0.3 is 6.09 Å². The number of carbonyl (C=O) groups is 2. The lowest BCUT2D eigenvalue weighted by atomic mass is 9.92. The molecule has 5 rings (SSSR count). The van der Waals surface area contributed by atoms with Crippen molar-refractivity contribution in [3.63, 3.8) is 0 Å². The summed E-state index contributed by atoms with van der Waals surface area (Å²) in [6.07, 6.45) is 1.16. The van der Waals surface area contributed by atoms with Gasteiger partial charge in [0.15, 0.2) is 0 Å². The zero-order valence-electron chi connectivity index (χ0n) is 15.9. The third-order valence-corrected chi connectivity index (χ3v) is 5.71. The van der Waals surface area contributed by atoms with E-state index in [4.69, 9.17) is 9.72 Å². The maximum absolute atomic E-state index is 13.6. The van der Waals surface area contributed by atoms with Crippen LogP contribution in [-0.4, -0.2) is 47.1 Å². The van der Waals surface area contributed by atoms with Gasteiger partial charge in [0.25, 0.3) is 5.91 Å². The number of piperidine rings is 1. The number of hydrogen-bond donors (Lipinski definition) is 1. The minimum atomic E-state index is -0.615. The highest BCUT2D eigenvalue weighted by Gasteiger charge is 2.45. The number of fused-ring (bicyclic) bond motifs is 1. The number of likely N-dealkylation sites (tertiary alicyclic amines) is 1. The van der Waals surface area contributed by atoms with Gasteiger partial charge in [-0.1, -0.05) is 48.5 Å². The second-order valence-electron chi connectivity index (χ2n) is 7.69. The molecule has 3 heterocycles. The zero-order chi connectivity index (χ0) is 19.8. The smallest absolute Gasteiger partial charge is 0.407 e. The highest BCUT2D eigenvalue weighted by atomic mass is 16.6. The second kappa shape index (κ2) is 6.88. The van der Waals surface area contributed by atoms with E-state index in [-0.39, 0.29) is 5.91 Å². The fraction of sp³-hybridized carbons (Fsp3) is 0.261. The molecular weight excluding hydrogens is 366 g/mol. The van der Waals surface area contributed by atoms with Gasteiger partial charge in [-0.05, 0) is 25.0 Å². The first-order valence-electron chi connectivity index (χ1n) is 9.85. The number of amides is 2. The number of benzene rings is 2. The Kier molecular flexibility index (Phi) is 4.19. The number of carbonyl (C=O) groups excluding carboxylic acids is 2. The van der Waals surface area contributed by atoms with Crippen LogP contribution in [0.4, 0.5) is 4.79 Å². The van der Waals surface area contributed by atoms with Crippen molar-refractivity contribution in [2.45, 2.75) is 18.4 Å². The van der Waals surface area contributed by atoms with Crippen LogP contribution in [0.15, 0.2) is 60.7 Å². The summed E-state index contributed by atoms with van der Waals surface area (Å²) in [7, 11) is 0. The van der Waals surface area contributed by atoms with Crippen LogP contribution >= 0.6 is 0 Å². The molecule has 2 aliphatic heterocycles. The van der Waals surface area contributed by atoms with Gasteiger partial charge in [0.05, 0.1) is 29.9 Å².